The molecule has 110 valence electrons. The van der Waals surface area contributed by atoms with Crippen LogP contribution in [0, 0.1) is 0 Å². The molecule has 5 heteroatoms. The predicted molar refractivity (Wildman–Crippen MR) is 81.8 cm³/mol. The molecule has 1 atom stereocenters. The summed E-state index contributed by atoms with van der Waals surface area (Å²) < 4.78 is 0. The molecule has 0 aromatic heterocycles. The first-order chi connectivity index (χ1) is 9.63. The first-order valence-corrected chi connectivity index (χ1v) is 8.08. The molecular formula is C15H21NO3S. The van der Waals surface area contributed by atoms with Crippen LogP contribution in [0.15, 0.2) is 30.3 Å². The number of hydrogen-bond acceptors (Lipinski definition) is 3. The second kappa shape index (κ2) is 9.42. The monoisotopic (exact) mass is 295 g/mol. The molecule has 0 aliphatic carbocycles. The summed E-state index contributed by atoms with van der Waals surface area (Å²) in [7, 11) is 0. The van der Waals surface area contributed by atoms with Gasteiger partial charge in [0.1, 0.15) is 0 Å². The fourth-order valence-electron chi connectivity index (χ4n) is 1.92. The smallest absolute Gasteiger partial charge is 0.303 e. The Hall–Kier alpha value is -1.49. The minimum absolute atomic E-state index is 0.0155. The lowest BCUT2D eigenvalue weighted by Gasteiger charge is -2.18. The van der Waals surface area contributed by atoms with Crippen LogP contribution in [-0.2, 0) is 9.59 Å². The summed E-state index contributed by atoms with van der Waals surface area (Å²) >= 11 is 1.72. The van der Waals surface area contributed by atoms with Crippen LogP contribution in [0.1, 0.15) is 37.3 Å². The van der Waals surface area contributed by atoms with Crippen LogP contribution in [0.25, 0.3) is 0 Å². The molecule has 0 fully saturated rings. The number of hydrogen-bond donors (Lipinski definition) is 2. The summed E-state index contributed by atoms with van der Waals surface area (Å²) in [6.07, 6.45) is 3.79. The Morgan fingerprint density at radius 1 is 1.25 bits per heavy atom. The molecule has 1 rings (SSSR count). The van der Waals surface area contributed by atoms with Crippen molar-refractivity contribution in [2.45, 2.75) is 31.7 Å². The highest BCUT2D eigenvalue weighted by Crippen LogP contribution is 2.18. The van der Waals surface area contributed by atoms with Crippen LogP contribution in [0.3, 0.4) is 0 Å². The van der Waals surface area contributed by atoms with Crippen molar-refractivity contribution in [2.75, 3.05) is 12.0 Å². The summed E-state index contributed by atoms with van der Waals surface area (Å²) in [6, 6.07) is 9.28. The molecule has 0 saturated heterocycles. The number of carbonyl (C=O) groups excluding carboxylic acids is 1. The van der Waals surface area contributed by atoms with Crippen molar-refractivity contribution in [1.29, 1.82) is 0 Å². The van der Waals surface area contributed by atoms with Crippen LogP contribution >= 0.6 is 11.8 Å². The van der Waals surface area contributed by atoms with Gasteiger partial charge in [-0.3, -0.25) is 9.59 Å². The van der Waals surface area contributed by atoms with Crippen molar-refractivity contribution < 1.29 is 14.7 Å². The average molecular weight is 295 g/mol. The highest BCUT2D eigenvalue weighted by Gasteiger charge is 2.15. The van der Waals surface area contributed by atoms with E-state index in [9.17, 15) is 9.59 Å². The van der Waals surface area contributed by atoms with Crippen molar-refractivity contribution >= 4 is 23.6 Å². The topological polar surface area (TPSA) is 66.4 Å². The number of benzene rings is 1. The predicted octanol–water partition coefficient (Wildman–Crippen LogP) is 2.85. The van der Waals surface area contributed by atoms with Crippen LogP contribution in [0.5, 0.6) is 0 Å². The van der Waals surface area contributed by atoms with E-state index < -0.39 is 5.97 Å². The number of carboxylic acid groups (broad SMARTS) is 1. The second-order valence-corrected chi connectivity index (χ2v) is 5.55. The SMILES string of the molecule is CSCCCC(=O)NC(CCC(=O)O)c1ccccc1. The van der Waals surface area contributed by atoms with Gasteiger partial charge in [-0.15, -0.1) is 0 Å². The van der Waals surface area contributed by atoms with E-state index in [0.29, 0.717) is 12.8 Å². The van der Waals surface area contributed by atoms with E-state index in [4.69, 9.17) is 5.11 Å². The van der Waals surface area contributed by atoms with Gasteiger partial charge in [-0.2, -0.15) is 11.8 Å². The summed E-state index contributed by atoms with van der Waals surface area (Å²) in [4.78, 5) is 22.6. The molecule has 0 spiro atoms. The number of amides is 1. The van der Waals surface area contributed by atoms with Crippen molar-refractivity contribution in [3.8, 4) is 0 Å². The van der Waals surface area contributed by atoms with Crippen LogP contribution < -0.4 is 5.32 Å². The first-order valence-electron chi connectivity index (χ1n) is 6.68. The number of nitrogens with one attached hydrogen (secondary N) is 1. The van der Waals surface area contributed by atoms with Crippen molar-refractivity contribution in [3.05, 3.63) is 35.9 Å². The lowest BCUT2D eigenvalue weighted by molar-refractivity contribution is -0.137. The van der Waals surface area contributed by atoms with Crippen LogP contribution in [-0.4, -0.2) is 29.0 Å². The third kappa shape index (κ3) is 6.61. The van der Waals surface area contributed by atoms with Gasteiger partial charge >= 0.3 is 5.97 Å². The Balaban J connectivity index is 2.58. The average Bonchev–Trinajstić information content (AvgIpc) is 2.44. The van der Waals surface area contributed by atoms with Gasteiger partial charge in [-0.25, -0.2) is 0 Å². The minimum atomic E-state index is -0.845. The summed E-state index contributed by atoms with van der Waals surface area (Å²) in [5.41, 5.74) is 0.951. The molecule has 1 amide bonds. The molecule has 0 aliphatic rings. The lowest BCUT2D eigenvalue weighted by Crippen LogP contribution is -2.28. The number of aliphatic carboxylic acids is 1. The summed E-state index contributed by atoms with van der Waals surface area (Å²) in [5, 5.41) is 11.7. The number of carbonyl (C=O) groups is 2. The molecule has 0 bridgehead atoms. The largest absolute Gasteiger partial charge is 0.481 e. The van der Waals surface area contributed by atoms with E-state index >= 15 is 0 Å². The quantitative estimate of drug-likeness (QED) is 0.687. The Kier molecular flexibility index (Phi) is 7.80. The minimum Gasteiger partial charge on any atom is -0.481 e. The maximum Gasteiger partial charge on any atom is 0.303 e. The third-order valence-electron chi connectivity index (χ3n) is 2.94. The molecule has 1 aromatic rings. The molecule has 0 heterocycles. The lowest BCUT2D eigenvalue weighted by atomic mass is 10.0. The zero-order valence-electron chi connectivity index (χ0n) is 11.7. The third-order valence-corrected chi connectivity index (χ3v) is 3.63. The highest BCUT2D eigenvalue weighted by atomic mass is 32.2. The normalized spacial score (nSPS) is 11.8. The maximum atomic E-state index is 11.9. The van der Waals surface area contributed by atoms with E-state index in [1.54, 1.807) is 11.8 Å². The molecule has 1 unspecified atom stereocenters. The van der Waals surface area contributed by atoms with E-state index in [1.807, 2.05) is 36.6 Å². The molecule has 1 aromatic carbocycles. The summed E-state index contributed by atoms with van der Waals surface area (Å²) in [6.45, 7) is 0. The molecule has 2 N–H and O–H groups in total. The highest BCUT2D eigenvalue weighted by molar-refractivity contribution is 7.98. The van der Waals surface area contributed by atoms with E-state index in [0.717, 1.165) is 17.7 Å². The molecular weight excluding hydrogens is 274 g/mol. The Morgan fingerprint density at radius 2 is 1.95 bits per heavy atom. The molecule has 4 nitrogen and oxygen atoms in total. The van der Waals surface area contributed by atoms with Gasteiger partial charge < -0.3 is 10.4 Å². The van der Waals surface area contributed by atoms with E-state index in [2.05, 4.69) is 5.32 Å². The summed E-state index contributed by atoms with van der Waals surface area (Å²) in [5.74, 6) is 0.0966. The van der Waals surface area contributed by atoms with Crippen LogP contribution in [0.2, 0.25) is 0 Å². The molecule has 0 aliphatic heterocycles. The van der Waals surface area contributed by atoms with Crippen LogP contribution in [0.4, 0.5) is 0 Å². The molecule has 0 saturated carbocycles. The van der Waals surface area contributed by atoms with Crippen molar-refractivity contribution in [2.24, 2.45) is 0 Å². The number of rotatable bonds is 9. The molecule has 0 radical (unpaired) electrons. The van der Waals surface area contributed by atoms with Gasteiger partial charge in [0.05, 0.1) is 6.04 Å². The van der Waals surface area contributed by atoms with Gasteiger partial charge in [0.25, 0.3) is 0 Å². The van der Waals surface area contributed by atoms with Gasteiger partial charge in [0.2, 0.25) is 5.91 Å². The van der Waals surface area contributed by atoms with Gasteiger partial charge in [-0.1, -0.05) is 30.3 Å². The fraction of sp³-hybridized carbons (Fsp3) is 0.467. The first kappa shape index (κ1) is 16.6. The van der Waals surface area contributed by atoms with E-state index in [-0.39, 0.29) is 18.4 Å². The van der Waals surface area contributed by atoms with Gasteiger partial charge in [0, 0.05) is 12.8 Å². The maximum absolute atomic E-state index is 11.9. The zero-order valence-corrected chi connectivity index (χ0v) is 12.5. The second-order valence-electron chi connectivity index (χ2n) is 4.56. The van der Waals surface area contributed by atoms with Gasteiger partial charge in [0.15, 0.2) is 0 Å². The number of carboxylic acids is 1. The van der Waals surface area contributed by atoms with Crippen molar-refractivity contribution in [3.63, 3.8) is 0 Å². The fourth-order valence-corrected chi connectivity index (χ4v) is 2.35. The zero-order chi connectivity index (χ0) is 14.8. The van der Waals surface area contributed by atoms with Gasteiger partial charge in [-0.05, 0) is 30.4 Å². The number of thioether (sulfide) groups is 1. The van der Waals surface area contributed by atoms with Crippen molar-refractivity contribution in [1.82, 2.24) is 5.32 Å². The molecule has 20 heavy (non-hydrogen) atoms. The Morgan fingerprint density at radius 3 is 2.55 bits per heavy atom. The standard InChI is InChI=1S/C15H21NO3S/c1-20-11-5-8-14(17)16-13(9-10-15(18)19)12-6-3-2-4-7-12/h2-4,6-7,13H,5,8-11H2,1H3,(H,16,17)(H,18,19). The Labute approximate surface area is 124 Å². The Bertz CT molecular complexity index is 422. The van der Waals surface area contributed by atoms with E-state index in [1.165, 1.54) is 0 Å².